The second-order valence-electron chi connectivity index (χ2n) is 17.6. The van der Waals surface area contributed by atoms with Crippen molar-refractivity contribution in [3.8, 4) is 0 Å². The largest absolute Gasteiger partial charge is 0.481 e. The van der Waals surface area contributed by atoms with Gasteiger partial charge in [0.15, 0.2) is 0 Å². The third kappa shape index (κ3) is 35.2. The minimum absolute atomic E-state index is 0.0887. The summed E-state index contributed by atoms with van der Waals surface area (Å²) in [7, 11) is 0. The van der Waals surface area contributed by atoms with E-state index < -0.39 is 23.9 Å². The Balaban J connectivity index is 0. The first kappa shape index (κ1) is 48.0. The summed E-state index contributed by atoms with van der Waals surface area (Å²) in [4.78, 5) is 43.0. The number of carboxylic acids is 4. The van der Waals surface area contributed by atoms with E-state index in [0.717, 1.165) is 51.4 Å². The Bertz CT molecular complexity index is 744. The Morgan fingerprint density at radius 3 is 0.542 bits per heavy atom. The number of carbonyl (C=O) groups is 4. The normalized spacial score (nSPS) is 12.3. The van der Waals surface area contributed by atoms with E-state index in [4.69, 9.17) is 20.4 Å². The van der Waals surface area contributed by atoms with Gasteiger partial charge in [-0.15, -0.1) is 0 Å². The molecule has 0 atom stereocenters. The molecule has 0 aromatic heterocycles. The molecule has 8 nitrogen and oxygen atoms in total. The minimum atomic E-state index is -0.702. The summed E-state index contributed by atoms with van der Waals surface area (Å²) in [6, 6.07) is 0. The van der Waals surface area contributed by atoms with Crippen LogP contribution in [0.1, 0.15) is 209 Å². The Morgan fingerprint density at radius 2 is 0.417 bits per heavy atom. The van der Waals surface area contributed by atoms with Crippen LogP contribution in [0.4, 0.5) is 0 Å². The summed E-state index contributed by atoms with van der Waals surface area (Å²) in [5, 5.41) is 35.4. The van der Waals surface area contributed by atoms with Gasteiger partial charge in [0, 0.05) is 0 Å². The number of unbranched alkanes of at least 4 members (excludes halogenated alkanes) is 14. The quantitative estimate of drug-likeness (QED) is 0.0546. The summed E-state index contributed by atoms with van der Waals surface area (Å²) < 4.78 is 0. The van der Waals surface area contributed by atoms with Gasteiger partial charge < -0.3 is 20.4 Å². The summed E-state index contributed by atoms with van der Waals surface area (Å²) in [6.45, 7) is 16.3. The lowest BCUT2D eigenvalue weighted by atomic mass is 9.83. The zero-order valence-electron chi connectivity index (χ0n) is 32.4. The highest BCUT2D eigenvalue weighted by atomic mass is 16.4. The van der Waals surface area contributed by atoms with E-state index in [1.807, 2.05) is 55.4 Å². The molecule has 48 heavy (non-hydrogen) atoms. The molecular weight excluding hydrogens is 608 g/mol. The maximum absolute atomic E-state index is 10.8. The molecule has 4 N–H and O–H groups in total. The Labute approximate surface area is 294 Å². The Morgan fingerprint density at radius 1 is 0.292 bits per heavy atom. The molecule has 8 heteroatoms. The lowest BCUT2D eigenvalue weighted by Gasteiger charge is -2.22. The van der Waals surface area contributed by atoms with E-state index in [9.17, 15) is 19.2 Å². The van der Waals surface area contributed by atoms with Gasteiger partial charge in [0.05, 0.1) is 25.7 Å². The molecule has 284 valence electrons. The molecule has 0 saturated heterocycles. The molecule has 0 rings (SSSR count). The first-order valence-corrected chi connectivity index (χ1v) is 19.0. The van der Waals surface area contributed by atoms with Crippen LogP contribution in [-0.4, -0.2) is 44.3 Å². The van der Waals surface area contributed by atoms with Crippen molar-refractivity contribution >= 4 is 23.9 Å². The maximum atomic E-state index is 10.8. The highest BCUT2D eigenvalue weighted by Crippen LogP contribution is 2.31. The zero-order chi connectivity index (χ0) is 37.3. The van der Waals surface area contributed by atoms with Crippen molar-refractivity contribution < 1.29 is 39.6 Å². The molecule has 0 aliphatic rings. The van der Waals surface area contributed by atoms with E-state index >= 15 is 0 Å². The third-order valence-electron chi connectivity index (χ3n) is 9.43. The van der Waals surface area contributed by atoms with Crippen LogP contribution >= 0.6 is 0 Å². The summed E-state index contributed by atoms with van der Waals surface area (Å²) in [5.74, 6) is -2.81. The molecule has 0 saturated carbocycles. The van der Waals surface area contributed by atoms with Crippen LogP contribution in [0.25, 0.3) is 0 Å². The molecule has 0 aromatic carbocycles. The molecule has 0 fully saturated rings. The van der Waals surface area contributed by atoms with Crippen LogP contribution in [0.2, 0.25) is 0 Å². The predicted molar refractivity (Wildman–Crippen MR) is 196 cm³/mol. The van der Waals surface area contributed by atoms with Crippen LogP contribution in [0, 0.1) is 21.7 Å². The fraction of sp³-hybridized carbons (Fsp3) is 0.900. The number of aliphatic carboxylic acids is 4. The van der Waals surface area contributed by atoms with Gasteiger partial charge in [-0.05, 0) is 47.3 Å². The van der Waals surface area contributed by atoms with E-state index in [2.05, 4.69) is 0 Å². The highest BCUT2D eigenvalue weighted by molar-refractivity contribution is 5.68. The molecule has 0 aliphatic carbocycles. The van der Waals surface area contributed by atoms with Gasteiger partial charge >= 0.3 is 23.9 Å². The molecule has 0 amide bonds. The maximum Gasteiger partial charge on any atom is 0.303 e. The van der Waals surface area contributed by atoms with E-state index in [1.165, 1.54) is 77.0 Å². The van der Waals surface area contributed by atoms with Crippen LogP contribution in [-0.2, 0) is 19.2 Å². The highest BCUT2D eigenvalue weighted by Gasteiger charge is 2.23. The van der Waals surface area contributed by atoms with Gasteiger partial charge in [0.25, 0.3) is 0 Å². The number of rotatable bonds is 30. The SMILES string of the molecule is CC(C)(CCCCCCCCCCC(C)(C)CC(=O)O)CC(=O)O.CC(C)(CCCCCCCCCCC(C)(C)CC(=O)O)CC(=O)O. The fourth-order valence-electron chi connectivity index (χ4n) is 6.53. The molecule has 0 heterocycles. The molecule has 0 radical (unpaired) electrons. The second-order valence-corrected chi connectivity index (χ2v) is 17.6. The summed E-state index contributed by atoms with van der Waals surface area (Å²) in [6.07, 6.45) is 24.1. The van der Waals surface area contributed by atoms with Crippen molar-refractivity contribution in [2.75, 3.05) is 0 Å². The van der Waals surface area contributed by atoms with Crippen LogP contribution in [0.5, 0.6) is 0 Å². The first-order chi connectivity index (χ1) is 22.1. The van der Waals surface area contributed by atoms with Gasteiger partial charge in [0.2, 0.25) is 0 Å². The lowest BCUT2D eigenvalue weighted by molar-refractivity contribution is -0.140. The van der Waals surface area contributed by atoms with Crippen molar-refractivity contribution in [3.05, 3.63) is 0 Å². The van der Waals surface area contributed by atoms with Gasteiger partial charge in [-0.25, -0.2) is 0 Å². The molecule has 0 aromatic rings. The van der Waals surface area contributed by atoms with Crippen molar-refractivity contribution in [2.24, 2.45) is 21.7 Å². The second kappa shape index (κ2) is 25.8. The summed E-state index contributed by atoms with van der Waals surface area (Å²) in [5.41, 5.74) is -0.355. The zero-order valence-corrected chi connectivity index (χ0v) is 32.4. The van der Waals surface area contributed by atoms with E-state index in [0.29, 0.717) is 0 Å². The summed E-state index contributed by atoms with van der Waals surface area (Å²) >= 11 is 0. The number of hydrogen-bond donors (Lipinski definition) is 4. The van der Waals surface area contributed by atoms with E-state index in [-0.39, 0.29) is 47.3 Å². The number of hydrogen-bond acceptors (Lipinski definition) is 4. The predicted octanol–water partition coefficient (Wildman–Crippen LogP) is 11.8. The minimum Gasteiger partial charge on any atom is -0.481 e. The smallest absolute Gasteiger partial charge is 0.303 e. The van der Waals surface area contributed by atoms with Crippen LogP contribution < -0.4 is 0 Å². The Kier molecular flexibility index (Phi) is 25.8. The fourth-order valence-corrected chi connectivity index (χ4v) is 6.53. The van der Waals surface area contributed by atoms with Crippen LogP contribution in [0.3, 0.4) is 0 Å². The van der Waals surface area contributed by atoms with Gasteiger partial charge in [0.1, 0.15) is 0 Å². The monoisotopic (exact) mass is 685 g/mol. The topological polar surface area (TPSA) is 149 Å². The average molecular weight is 685 g/mol. The van der Waals surface area contributed by atoms with Gasteiger partial charge in [-0.1, -0.05) is 158 Å². The molecule has 0 unspecified atom stereocenters. The van der Waals surface area contributed by atoms with Crippen LogP contribution in [0.15, 0.2) is 0 Å². The third-order valence-corrected chi connectivity index (χ3v) is 9.43. The molecule has 0 aliphatic heterocycles. The van der Waals surface area contributed by atoms with Gasteiger partial charge in [-0.2, -0.15) is 0 Å². The van der Waals surface area contributed by atoms with Crippen molar-refractivity contribution in [1.82, 2.24) is 0 Å². The molecule has 0 bridgehead atoms. The molecular formula is C40H76O8. The standard InChI is InChI=1S/2C20H38O4/c2*1-19(2,15-17(21)22)13-11-9-7-5-6-8-10-12-14-20(3,4)16-18(23)24/h2*5-16H2,1-4H3,(H,21,22)(H,23,24). The number of carboxylic acid groups (broad SMARTS) is 4. The Hall–Kier alpha value is -2.12. The van der Waals surface area contributed by atoms with Crippen molar-refractivity contribution in [3.63, 3.8) is 0 Å². The molecule has 0 spiro atoms. The van der Waals surface area contributed by atoms with Crippen molar-refractivity contribution in [2.45, 2.75) is 209 Å². The van der Waals surface area contributed by atoms with Crippen molar-refractivity contribution in [1.29, 1.82) is 0 Å². The average Bonchev–Trinajstić information content (AvgIpc) is 2.88. The first-order valence-electron chi connectivity index (χ1n) is 19.0. The lowest BCUT2D eigenvalue weighted by Crippen LogP contribution is -2.16. The van der Waals surface area contributed by atoms with E-state index in [1.54, 1.807) is 0 Å². The van der Waals surface area contributed by atoms with Gasteiger partial charge in [-0.3, -0.25) is 19.2 Å².